The van der Waals surface area contributed by atoms with E-state index in [1.165, 1.54) is 32.6 Å². The van der Waals surface area contributed by atoms with Crippen LogP contribution in [-0.2, 0) is 0 Å². The number of fused-ring (bicyclic) bond motifs is 7. The van der Waals surface area contributed by atoms with E-state index >= 15 is 0 Å². The molecular formula is C30H20N6. The minimum atomic E-state index is -0.286. The number of aliphatic imine (C=N–C) groups is 3. The summed E-state index contributed by atoms with van der Waals surface area (Å²) in [5, 5.41) is 8.43. The van der Waals surface area contributed by atoms with Crippen molar-refractivity contribution in [1.82, 2.24) is 14.5 Å². The Kier molecular flexibility index (Phi) is 3.90. The lowest BCUT2D eigenvalue weighted by Crippen LogP contribution is -2.38. The summed E-state index contributed by atoms with van der Waals surface area (Å²) < 4.78 is 4.61. The molecule has 0 spiro atoms. The van der Waals surface area contributed by atoms with Gasteiger partial charge in [-0.3, -0.25) is 9.56 Å². The number of rotatable bonds is 2. The van der Waals surface area contributed by atoms with Gasteiger partial charge in [0.2, 0.25) is 0 Å². The van der Waals surface area contributed by atoms with Crippen molar-refractivity contribution in [3.63, 3.8) is 0 Å². The highest BCUT2D eigenvalue weighted by atomic mass is 15.3. The SMILES string of the molecule is C1=NC2=NC=C(n3c4ccccc4c4cc5c6ccccc6n(-c6ccccc6)c5cc43)NC2N=C1. The Morgan fingerprint density at radius 3 is 2.06 bits per heavy atom. The molecular weight excluding hydrogens is 444 g/mol. The lowest BCUT2D eigenvalue weighted by Gasteiger charge is -2.24. The van der Waals surface area contributed by atoms with Crippen LogP contribution in [0.4, 0.5) is 0 Å². The molecule has 0 saturated heterocycles. The van der Waals surface area contributed by atoms with Gasteiger partial charge in [0, 0.05) is 39.7 Å². The lowest BCUT2D eigenvalue weighted by atomic mass is 10.1. The third kappa shape index (κ3) is 2.64. The zero-order valence-corrected chi connectivity index (χ0v) is 19.2. The quantitative estimate of drug-likeness (QED) is 0.329. The number of nitrogens with one attached hydrogen (secondary N) is 1. The van der Waals surface area contributed by atoms with Crippen LogP contribution < -0.4 is 5.32 Å². The fourth-order valence-electron chi connectivity index (χ4n) is 5.55. The highest BCUT2D eigenvalue weighted by molar-refractivity contribution is 6.23. The van der Waals surface area contributed by atoms with Crippen molar-refractivity contribution in [1.29, 1.82) is 0 Å². The van der Waals surface area contributed by atoms with Crippen molar-refractivity contribution in [2.75, 3.05) is 0 Å². The van der Waals surface area contributed by atoms with Gasteiger partial charge >= 0.3 is 0 Å². The summed E-state index contributed by atoms with van der Waals surface area (Å²) in [4.78, 5) is 13.5. The minimum absolute atomic E-state index is 0.286. The molecule has 1 atom stereocenters. The molecule has 0 saturated carbocycles. The Bertz CT molecular complexity index is 1970. The summed E-state index contributed by atoms with van der Waals surface area (Å²) in [6.07, 6.45) is 4.96. The topological polar surface area (TPSA) is 59.0 Å². The third-order valence-corrected chi connectivity index (χ3v) is 7.08. The maximum absolute atomic E-state index is 4.62. The Morgan fingerprint density at radius 1 is 0.611 bits per heavy atom. The van der Waals surface area contributed by atoms with Gasteiger partial charge in [-0.25, -0.2) is 9.98 Å². The van der Waals surface area contributed by atoms with E-state index in [0.717, 1.165) is 22.5 Å². The summed E-state index contributed by atoms with van der Waals surface area (Å²) >= 11 is 0. The Balaban J connectivity index is 1.50. The van der Waals surface area contributed by atoms with Crippen LogP contribution in [-0.4, -0.2) is 33.6 Å². The van der Waals surface area contributed by atoms with E-state index in [-0.39, 0.29) is 6.17 Å². The standard InChI is InChI=1S/C30H20N6/c1-2-8-19(9-3-1)35-24-12-6-4-10-20(24)22-16-23-21-11-5-7-13-25(21)36(27(23)17-26(22)35)28-18-33-29-30(34-28)32-15-14-31-29/h1-18,30,34H. The van der Waals surface area contributed by atoms with Gasteiger partial charge in [0.1, 0.15) is 5.82 Å². The second kappa shape index (κ2) is 7.26. The van der Waals surface area contributed by atoms with Gasteiger partial charge in [-0.1, -0.05) is 54.6 Å². The van der Waals surface area contributed by atoms with E-state index in [2.05, 4.69) is 120 Å². The number of para-hydroxylation sites is 3. The summed E-state index contributed by atoms with van der Waals surface area (Å²) in [7, 11) is 0. The second-order valence-corrected chi connectivity index (χ2v) is 9.05. The molecule has 1 N–H and O–H groups in total. The fourth-order valence-corrected chi connectivity index (χ4v) is 5.55. The molecule has 6 aromatic rings. The van der Waals surface area contributed by atoms with E-state index in [4.69, 9.17) is 0 Å². The van der Waals surface area contributed by atoms with Gasteiger partial charge in [0.15, 0.2) is 12.0 Å². The molecule has 0 radical (unpaired) electrons. The van der Waals surface area contributed by atoms with Gasteiger partial charge in [-0.2, -0.15) is 0 Å². The second-order valence-electron chi connectivity index (χ2n) is 9.05. The van der Waals surface area contributed by atoms with E-state index < -0.39 is 0 Å². The number of amidine groups is 1. The molecule has 170 valence electrons. The molecule has 2 aliphatic rings. The van der Waals surface area contributed by atoms with Crippen molar-refractivity contribution >= 4 is 67.7 Å². The zero-order valence-electron chi connectivity index (χ0n) is 19.2. The summed E-state index contributed by atoms with van der Waals surface area (Å²) in [5.74, 6) is 1.56. The number of benzene rings is 4. The lowest BCUT2D eigenvalue weighted by molar-refractivity contribution is 0.744. The van der Waals surface area contributed by atoms with Crippen LogP contribution in [0.3, 0.4) is 0 Å². The molecule has 0 fully saturated rings. The zero-order chi connectivity index (χ0) is 23.6. The van der Waals surface area contributed by atoms with E-state index in [9.17, 15) is 0 Å². The number of hydrogen-bond donors (Lipinski definition) is 1. The first-order valence-electron chi connectivity index (χ1n) is 12.0. The predicted octanol–water partition coefficient (Wildman–Crippen LogP) is 6.13. The van der Waals surface area contributed by atoms with Crippen molar-refractivity contribution < 1.29 is 0 Å². The predicted molar refractivity (Wildman–Crippen MR) is 149 cm³/mol. The third-order valence-electron chi connectivity index (χ3n) is 7.08. The van der Waals surface area contributed by atoms with E-state index in [1.807, 2.05) is 6.20 Å². The first-order chi connectivity index (χ1) is 17.9. The molecule has 0 bridgehead atoms. The first-order valence-corrected chi connectivity index (χ1v) is 12.0. The maximum Gasteiger partial charge on any atom is 0.180 e. The van der Waals surface area contributed by atoms with Gasteiger partial charge < -0.3 is 9.88 Å². The summed E-state index contributed by atoms with van der Waals surface area (Å²) in [6.45, 7) is 0. The van der Waals surface area contributed by atoms with Crippen LogP contribution in [0.5, 0.6) is 0 Å². The van der Waals surface area contributed by atoms with Crippen molar-refractivity contribution in [2.45, 2.75) is 6.17 Å². The summed E-state index contributed by atoms with van der Waals surface area (Å²) in [5.41, 5.74) is 5.74. The first kappa shape index (κ1) is 19.3. The summed E-state index contributed by atoms with van der Waals surface area (Å²) in [6, 6.07) is 32.4. The van der Waals surface area contributed by atoms with Crippen LogP contribution in [0.1, 0.15) is 0 Å². The van der Waals surface area contributed by atoms with Gasteiger partial charge in [-0.05, 0) is 36.4 Å². The van der Waals surface area contributed by atoms with Crippen molar-refractivity contribution in [2.24, 2.45) is 15.0 Å². The van der Waals surface area contributed by atoms with E-state index in [0.29, 0.717) is 5.84 Å². The van der Waals surface area contributed by atoms with Crippen LogP contribution in [0, 0.1) is 0 Å². The minimum Gasteiger partial charge on any atom is -0.342 e. The van der Waals surface area contributed by atoms with Crippen LogP contribution in [0.25, 0.3) is 55.1 Å². The van der Waals surface area contributed by atoms with Crippen molar-refractivity contribution in [3.05, 3.63) is 97.2 Å². The normalized spacial score (nSPS) is 16.9. The molecule has 8 rings (SSSR count). The van der Waals surface area contributed by atoms with Crippen LogP contribution in [0.2, 0.25) is 0 Å². The highest BCUT2D eigenvalue weighted by Gasteiger charge is 2.24. The molecule has 6 heteroatoms. The molecule has 6 nitrogen and oxygen atoms in total. The molecule has 1 unspecified atom stereocenters. The molecule has 0 aliphatic carbocycles. The monoisotopic (exact) mass is 464 g/mol. The molecule has 36 heavy (non-hydrogen) atoms. The Morgan fingerprint density at radius 2 is 1.28 bits per heavy atom. The maximum atomic E-state index is 4.62. The molecule has 0 amide bonds. The molecule has 4 aromatic carbocycles. The molecule has 2 aliphatic heterocycles. The Labute approximate surface area is 206 Å². The van der Waals surface area contributed by atoms with Crippen LogP contribution >= 0.6 is 0 Å². The smallest absolute Gasteiger partial charge is 0.180 e. The Hall–Kier alpha value is -4.97. The van der Waals surface area contributed by atoms with Crippen molar-refractivity contribution in [3.8, 4) is 5.69 Å². The average Bonchev–Trinajstić information content (AvgIpc) is 3.44. The van der Waals surface area contributed by atoms with Crippen LogP contribution in [0.15, 0.2) is 112 Å². The van der Waals surface area contributed by atoms with E-state index in [1.54, 1.807) is 12.4 Å². The largest absolute Gasteiger partial charge is 0.342 e. The highest BCUT2D eigenvalue weighted by Crippen LogP contribution is 2.39. The number of hydrogen-bond acceptors (Lipinski definition) is 4. The molecule has 2 aromatic heterocycles. The fraction of sp³-hybridized carbons (Fsp3) is 0.0333. The van der Waals surface area contributed by atoms with Gasteiger partial charge in [0.25, 0.3) is 0 Å². The molecule has 4 heterocycles. The number of aromatic nitrogens is 2. The van der Waals surface area contributed by atoms with Gasteiger partial charge in [0.05, 0.1) is 28.3 Å². The van der Waals surface area contributed by atoms with Gasteiger partial charge in [-0.15, -0.1) is 0 Å². The average molecular weight is 465 g/mol. The number of nitrogens with zero attached hydrogens (tertiary/aromatic N) is 5.